The summed E-state index contributed by atoms with van der Waals surface area (Å²) in [5.74, 6) is 2.84. The summed E-state index contributed by atoms with van der Waals surface area (Å²) in [5.41, 5.74) is 0.957. The first-order chi connectivity index (χ1) is 12.8. The van der Waals surface area contributed by atoms with E-state index in [9.17, 15) is 0 Å². The van der Waals surface area contributed by atoms with Gasteiger partial charge in [0.2, 0.25) is 0 Å². The normalized spacial score (nSPS) is 11.8. The van der Waals surface area contributed by atoms with Gasteiger partial charge in [0.05, 0.1) is 0 Å². The van der Waals surface area contributed by atoms with Crippen LogP contribution in [0.15, 0.2) is 78.9 Å². The third kappa shape index (κ3) is 1.60. The summed E-state index contributed by atoms with van der Waals surface area (Å²) in [7, 11) is 0. The topological polar surface area (TPSA) is 0 Å². The lowest BCUT2D eigenvalue weighted by Gasteiger charge is -2.15. The van der Waals surface area contributed by atoms with E-state index >= 15 is 0 Å². The van der Waals surface area contributed by atoms with Crippen LogP contribution in [0.1, 0.15) is 5.56 Å². The predicted molar refractivity (Wildman–Crippen MR) is 113 cm³/mol. The Balaban J connectivity index is 1.97. The molecule has 0 aromatic heterocycles. The first kappa shape index (κ1) is 13.7. The minimum atomic E-state index is 0.957. The van der Waals surface area contributed by atoms with Gasteiger partial charge in [-0.25, -0.2) is 0 Å². The maximum absolute atomic E-state index is 5.75. The van der Waals surface area contributed by atoms with E-state index in [1.807, 2.05) is 6.07 Å². The van der Waals surface area contributed by atoms with Crippen LogP contribution in [0, 0.1) is 12.3 Å². The fraction of sp³-hybridized carbons (Fsp3) is 0. The SMILES string of the molecule is C#Cc1cccc2c1cc1ccc3c4ccccc4cc4ccc2c1c43. The number of benzene rings is 6. The van der Waals surface area contributed by atoms with Gasteiger partial charge in [0.25, 0.3) is 0 Å². The van der Waals surface area contributed by atoms with E-state index in [-0.39, 0.29) is 0 Å². The number of terminal acetylenes is 1. The molecule has 0 N–H and O–H groups in total. The Labute approximate surface area is 151 Å². The zero-order valence-corrected chi connectivity index (χ0v) is 14.1. The van der Waals surface area contributed by atoms with Crippen LogP contribution < -0.4 is 0 Å². The summed E-state index contributed by atoms with van der Waals surface area (Å²) >= 11 is 0. The Morgan fingerprint density at radius 1 is 0.500 bits per heavy atom. The Kier molecular flexibility index (Phi) is 2.50. The molecule has 6 aromatic rings. The second kappa shape index (κ2) is 4.75. The van der Waals surface area contributed by atoms with Gasteiger partial charge in [-0.1, -0.05) is 66.6 Å². The van der Waals surface area contributed by atoms with Crippen molar-refractivity contribution in [1.82, 2.24) is 0 Å². The van der Waals surface area contributed by atoms with Gasteiger partial charge in [0.15, 0.2) is 0 Å². The molecule has 0 heteroatoms. The lowest BCUT2D eigenvalue weighted by Crippen LogP contribution is -1.88. The fourth-order valence-electron chi connectivity index (χ4n) is 4.51. The van der Waals surface area contributed by atoms with Gasteiger partial charge in [-0.2, -0.15) is 0 Å². The van der Waals surface area contributed by atoms with Gasteiger partial charge in [-0.3, -0.25) is 0 Å². The molecule has 118 valence electrons. The average molecular weight is 326 g/mol. The molecule has 0 amide bonds. The van der Waals surface area contributed by atoms with E-state index in [1.165, 1.54) is 48.5 Å². The lowest BCUT2D eigenvalue weighted by molar-refractivity contribution is 1.74. The van der Waals surface area contributed by atoms with Crippen molar-refractivity contribution in [2.45, 2.75) is 0 Å². The highest BCUT2D eigenvalue weighted by molar-refractivity contribution is 6.32. The number of fused-ring (bicyclic) bond motifs is 4. The molecule has 0 saturated heterocycles. The Morgan fingerprint density at radius 3 is 2.00 bits per heavy atom. The van der Waals surface area contributed by atoms with E-state index in [2.05, 4.69) is 78.7 Å². The highest BCUT2D eigenvalue weighted by atomic mass is 14.2. The summed E-state index contributed by atoms with van der Waals surface area (Å²) in [6.07, 6.45) is 5.75. The van der Waals surface area contributed by atoms with Crippen LogP contribution in [-0.4, -0.2) is 0 Å². The number of hydrogen-bond acceptors (Lipinski definition) is 0. The third-order valence-electron chi connectivity index (χ3n) is 5.64. The quantitative estimate of drug-likeness (QED) is 0.162. The molecule has 0 aliphatic heterocycles. The second-order valence-corrected chi connectivity index (χ2v) is 6.94. The summed E-state index contributed by atoms with van der Waals surface area (Å²) in [6, 6.07) is 28.5. The first-order valence-electron chi connectivity index (χ1n) is 8.84. The van der Waals surface area contributed by atoms with Gasteiger partial charge in [-0.05, 0) is 72.1 Å². The molecular formula is C26H14. The highest BCUT2D eigenvalue weighted by Gasteiger charge is 2.13. The number of hydrogen-bond donors (Lipinski definition) is 0. The standard InChI is InChI=1S/C26H14/c1-2-16-7-5-9-21-23-13-10-18-14-17-6-3-4-8-20(17)22-12-11-19(15-24(16)21)26(23)25(18)22/h1,3-15H. The molecule has 0 aliphatic rings. The second-order valence-electron chi connectivity index (χ2n) is 6.94. The van der Waals surface area contributed by atoms with Gasteiger partial charge >= 0.3 is 0 Å². The van der Waals surface area contributed by atoms with Crippen molar-refractivity contribution < 1.29 is 0 Å². The van der Waals surface area contributed by atoms with Gasteiger partial charge in [0.1, 0.15) is 0 Å². The monoisotopic (exact) mass is 326 g/mol. The van der Waals surface area contributed by atoms with E-state index < -0.39 is 0 Å². The van der Waals surface area contributed by atoms with Gasteiger partial charge < -0.3 is 0 Å². The smallest absolute Gasteiger partial charge is 0.0321 e. The zero-order valence-electron chi connectivity index (χ0n) is 14.1. The minimum absolute atomic E-state index is 0.957. The third-order valence-corrected chi connectivity index (χ3v) is 5.64. The van der Waals surface area contributed by atoms with Crippen molar-refractivity contribution in [2.24, 2.45) is 0 Å². The minimum Gasteiger partial charge on any atom is -0.115 e. The molecule has 0 saturated carbocycles. The fourth-order valence-corrected chi connectivity index (χ4v) is 4.51. The van der Waals surface area contributed by atoms with E-state index in [1.54, 1.807) is 0 Å². The van der Waals surface area contributed by atoms with Gasteiger partial charge in [-0.15, -0.1) is 6.42 Å². The largest absolute Gasteiger partial charge is 0.115 e. The van der Waals surface area contributed by atoms with Gasteiger partial charge in [0, 0.05) is 5.56 Å². The van der Waals surface area contributed by atoms with E-state index in [0.29, 0.717) is 0 Å². The average Bonchev–Trinajstić information content (AvgIpc) is 2.70. The molecule has 0 aliphatic carbocycles. The molecule has 0 atom stereocenters. The van der Waals surface area contributed by atoms with Crippen LogP contribution in [0.25, 0.3) is 53.9 Å². The van der Waals surface area contributed by atoms with Crippen LogP contribution in [0.5, 0.6) is 0 Å². The van der Waals surface area contributed by atoms with Crippen LogP contribution in [0.2, 0.25) is 0 Å². The molecule has 0 fully saturated rings. The van der Waals surface area contributed by atoms with Crippen molar-refractivity contribution >= 4 is 53.9 Å². The maximum atomic E-state index is 5.75. The molecule has 0 nitrogen and oxygen atoms in total. The summed E-state index contributed by atoms with van der Waals surface area (Å²) in [5, 5.41) is 12.8. The van der Waals surface area contributed by atoms with E-state index in [4.69, 9.17) is 6.42 Å². The van der Waals surface area contributed by atoms with Crippen molar-refractivity contribution in [3.8, 4) is 12.3 Å². The molecular weight excluding hydrogens is 312 g/mol. The molecule has 6 aromatic carbocycles. The Bertz CT molecular complexity index is 1530. The van der Waals surface area contributed by atoms with Crippen molar-refractivity contribution in [3.05, 3.63) is 84.4 Å². The van der Waals surface area contributed by atoms with E-state index in [0.717, 1.165) is 10.9 Å². The molecule has 26 heavy (non-hydrogen) atoms. The molecule has 0 unspecified atom stereocenters. The van der Waals surface area contributed by atoms with Crippen molar-refractivity contribution in [3.63, 3.8) is 0 Å². The maximum Gasteiger partial charge on any atom is 0.0321 e. The lowest BCUT2D eigenvalue weighted by atomic mass is 9.88. The Hall–Kier alpha value is -3.56. The van der Waals surface area contributed by atoms with Crippen LogP contribution in [-0.2, 0) is 0 Å². The molecule has 0 radical (unpaired) electrons. The highest BCUT2D eigenvalue weighted by Crippen LogP contribution is 2.41. The van der Waals surface area contributed by atoms with Crippen LogP contribution in [0.4, 0.5) is 0 Å². The van der Waals surface area contributed by atoms with Crippen LogP contribution >= 0.6 is 0 Å². The van der Waals surface area contributed by atoms with Crippen molar-refractivity contribution in [1.29, 1.82) is 0 Å². The number of rotatable bonds is 0. The first-order valence-corrected chi connectivity index (χ1v) is 8.84. The van der Waals surface area contributed by atoms with Crippen molar-refractivity contribution in [2.75, 3.05) is 0 Å². The van der Waals surface area contributed by atoms with Crippen LogP contribution in [0.3, 0.4) is 0 Å². The molecule has 0 heterocycles. The zero-order chi connectivity index (χ0) is 17.3. The molecule has 6 rings (SSSR count). The molecule has 0 bridgehead atoms. The summed E-state index contributed by atoms with van der Waals surface area (Å²) < 4.78 is 0. The Morgan fingerprint density at radius 2 is 1.19 bits per heavy atom. The predicted octanol–water partition coefficient (Wildman–Crippen LogP) is 6.87. The molecule has 0 spiro atoms. The summed E-state index contributed by atoms with van der Waals surface area (Å²) in [6.45, 7) is 0. The summed E-state index contributed by atoms with van der Waals surface area (Å²) in [4.78, 5) is 0.